The summed E-state index contributed by atoms with van der Waals surface area (Å²) in [4.78, 5) is 11.1. The molecular formula is C14H12BrN3. The number of halogens is 1. The van der Waals surface area contributed by atoms with Gasteiger partial charge < -0.3 is 4.90 Å². The van der Waals surface area contributed by atoms with Crippen LogP contribution in [0.4, 0.5) is 11.6 Å². The van der Waals surface area contributed by atoms with Crippen molar-refractivity contribution in [2.45, 2.75) is 18.3 Å². The van der Waals surface area contributed by atoms with Gasteiger partial charge in [-0.2, -0.15) is 0 Å². The van der Waals surface area contributed by atoms with E-state index in [-0.39, 0.29) is 0 Å². The van der Waals surface area contributed by atoms with Crippen LogP contribution in [-0.2, 0) is 5.41 Å². The monoisotopic (exact) mass is 301 g/mol. The molecule has 0 bridgehead atoms. The maximum atomic E-state index is 4.42. The van der Waals surface area contributed by atoms with E-state index in [1.165, 1.54) is 24.1 Å². The number of benzene rings is 1. The largest absolute Gasteiger partial charge is 0.309 e. The molecule has 1 aromatic carbocycles. The summed E-state index contributed by atoms with van der Waals surface area (Å²) >= 11 is 3.38. The first-order chi connectivity index (χ1) is 8.78. The Balaban J connectivity index is 1.82. The quantitative estimate of drug-likeness (QED) is 0.808. The highest BCUT2D eigenvalue weighted by Gasteiger charge is 2.52. The highest BCUT2D eigenvalue weighted by molar-refractivity contribution is 9.10. The lowest BCUT2D eigenvalue weighted by Gasteiger charge is -2.17. The number of rotatable bonds is 1. The van der Waals surface area contributed by atoms with Gasteiger partial charge in [0.15, 0.2) is 0 Å². The Morgan fingerprint density at radius 1 is 1.11 bits per heavy atom. The lowest BCUT2D eigenvalue weighted by Crippen LogP contribution is -2.21. The van der Waals surface area contributed by atoms with Crippen LogP contribution in [0, 0.1) is 0 Å². The summed E-state index contributed by atoms with van der Waals surface area (Å²) in [5, 5.41) is 0. The minimum Gasteiger partial charge on any atom is -0.309 e. The van der Waals surface area contributed by atoms with Crippen molar-refractivity contribution >= 4 is 27.6 Å². The summed E-state index contributed by atoms with van der Waals surface area (Å²) < 4.78 is 0.917. The molecule has 0 N–H and O–H groups in total. The molecule has 1 spiro atoms. The van der Waals surface area contributed by atoms with Gasteiger partial charge in [0.1, 0.15) is 0 Å². The molecule has 0 radical (unpaired) electrons. The highest BCUT2D eigenvalue weighted by atomic mass is 79.9. The van der Waals surface area contributed by atoms with Crippen molar-refractivity contribution in [1.29, 1.82) is 0 Å². The molecule has 0 unspecified atom stereocenters. The second kappa shape index (κ2) is 3.54. The van der Waals surface area contributed by atoms with Gasteiger partial charge in [-0.1, -0.05) is 18.2 Å². The van der Waals surface area contributed by atoms with Crippen LogP contribution >= 0.6 is 15.9 Å². The van der Waals surface area contributed by atoms with Gasteiger partial charge in [0.2, 0.25) is 5.95 Å². The molecule has 2 heterocycles. The average molecular weight is 302 g/mol. The highest BCUT2D eigenvalue weighted by Crippen LogP contribution is 2.57. The number of nitrogens with zero attached hydrogens (tertiary/aromatic N) is 3. The van der Waals surface area contributed by atoms with Gasteiger partial charge in [0, 0.05) is 30.0 Å². The van der Waals surface area contributed by atoms with Gasteiger partial charge in [-0.25, -0.2) is 9.97 Å². The normalized spacial score (nSPS) is 19.1. The Kier molecular flexibility index (Phi) is 2.07. The molecule has 0 atom stereocenters. The van der Waals surface area contributed by atoms with Gasteiger partial charge >= 0.3 is 0 Å². The fraction of sp³-hybridized carbons (Fsp3) is 0.286. The van der Waals surface area contributed by atoms with E-state index in [1.807, 2.05) is 12.4 Å². The van der Waals surface area contributed by atoms with Crippen molar-refractivity contribution in [3.63, 3.8) is 0 Å². The number of aromatic nitrogens is 2. The van der Waals surface area contributed by atoms with Crippen LogP contribution in [0.3, 0.4) is 0 Å². The number of para-hydroxylation sites is 1. The molecule has 1 saturated carbocycles. The van der Waals surface area contributed by atoms with Crippen LogP contribution in [0.5, 0.6) is 0 Å². The first-order valence-electron chi connectivity index (χ1n) is 6.13. The number of hydrogen-bond acceptors (Lipinski definition) is 3. The number of anilines is 2. The molecule has 3 nitrogen and oxygen atoms in total. The summed E-state index contributed by atoms with van der Waals surface area (Å²) in [7, 11) is 0. The number of fused-ring (bicyclic) bond motifs is 2. The minimum absolute atomic E-state index is 0.382. The third-order valence-corrected chi connectivity index (χ3v) is 4.34. The van der Waals surface area contributed by atoms with E-state index in [1.54, 1.807) is 0 Å². The minimum atomic E-state index is 0.382. The number of hydrogen-bond donors (Lipinski definition) is 0. The van der Waals surface area contributed by atoms with Crippen molar-refractivity contribution < 1.29 is 0 Å². The second-order valence-electron chi connectivity index (χ2n) is 5.08. The maximum Gasteiger partial charge on any atom is 0.229 e. The molecule has 0 saturated heterocycles. The van der Waals surface area contributed by atoms with Crippen molar-refractivity contribution in [2.24, 2.45) is 0 Å². The predicted octanol–water partition coefficient (Wildman–Crippen LogP) is 3.42. The molecule has 0 amide bonds. The van der Waals surface area contributed by atoms with E-state index < -0.39 is 0 Å². The van der Waals surface area contributed by atoms with E-state index >= 15 is 0 Å². The summed E-state index contributed by atoms with van der Waals surface area (Å²) in [6.45, 7) is 1.02. The lowest BCUT2D eigenvalue weighted by molar-refractivity contribution is 0.735. The Bertz CT molecular complexity index is 605. The SMILES string of the molecule is Brc1cnc(N2CC3(CC3)c3ccccc32)nc1. The average Bonchev–Trinajstić information content (AvgIpc) is 3.10. The zero-order valence-electron chi connectivity index (χ0n) is 9.81. The van der Waals surface area contributed by atoms with Crippen molar-refractivity contribution in [2.75, 3.05) is 11.4 Å². The van der Waals surface area contributed by atoms with Crippen molar-refractivity contribution in [3.05, 3.63) is 46.7 Å². The third kappa shape index (κ3) is 1.42. The van der Waals surface area contributed by atoms with Crippen molar-refractivity contribution in [1.82, 2.24) is 9.97 Å². The van der Waals surface area contributed by atoms with Crippen LogP contribution in [0.2, 0.25) is 0 Å². The Hall–Kier alpha value is -1.42. The lowest BCUT2D eigenvalue weighted by atomic mass is 9.99. The molecule has 1 aromatic heterocycles. The zero-order chi connectivity index (χ0) is 12.2. The fourth-order valence-corrected chi connectivity index (χ4v) is 3.04. The molecule has 90 valence electrons. The Labute approximate surface area is 114 Å². The van der Waals surface area contributed by atoms with E-state index in [9.17, 15) is 0 Å². The molecule has 2 aromatic rings. The van der Waals surface area contributed by atoms with Gasteiger partial charge in [-0.3, -0.25) is 0 Å². The molecule has 4 rings (SSSR count). The molecule has 18 heavy (non-hydrogen) atoms. The molecule has 1 fully saturated rings. The van der Waals surface area contributed by atoms with E-state index in [4.69, 9.17) is 0 Å². The summed E-state index contributed by atoms with van der Waals surface area (Å²) in [5.74, 6) is 0.800. The fourth-order valence-electron chi connectivity index (χ4n) is 2.83. The van der Waals surface area contributed by atoms with E-state index in [2.05, 4.69) is 55.1 Å². The van der Waals surface area contributed by atoms with Crippen molar-refractivity contribution in [3.8, 4) is 0 Å². The van der Waals surface area contributed by atoms with Crippen LogP contribution in [-0.4, -0.2) is 16.5 Å². The van der Waals surface area contributed by atoms with Crippen LogP contribution in [0.1, 0.15) is 18.4 Å². The summed E-state index contributed by atoms with van der Waals surface area (Å²) in [6, 6.07) is 8.64. The molecule has 1 aliphatic heterocycles. The van der Waals surface area contributed by atoms with Gasteiger partial charge in [-0.05, 0) is 40.4 Å². The first-order valence-corrected chi connectivity index (χ1v) is 6.92. The molecule has 1 aliphatic carbocycles. The van der Waals surface area contributed by atoms with Crippen LogP contribution < -0.4 is 4.90 Å². The third-order valence-electron chi connectivity index (χ3n) is 3.93. The smallest absolute Gasteiger partial charge is 0.229 e. The second-order valence-corrected chi connectivity index (χ2v) is 6.00. The van der Waals surface area contributed by atoms with Crippen LogP contribution in [0.25, 0.3) is 0 Å². The Morgan fingerprint density at radius 2 is 1.83 bits per heavy atom. The maximum absolute atomic E-state index is 4.42. The summed E-state index contributed by atoms with van der Waals surface area (Å²) in [6.07, 6.45) is 6.19. The van der Waals surface area contributed by atoms with Gasteiger partial charge in [0.25, 0.3) is 0 Å². The molecule has 2 aliphatic rings. The topological polar surface area (TPSA) is 29.0 Å². The molecule has 4 heteroatoms. The first kappa shape index (κ1) is 10.5. The van der Waals surface area contributed by atoms with Gasteiger partial charge in [0.05, 0.1) is 4.47 Å². The standard InChI is InChI=1S/C14H12BrN3/c15-10-7-16-13(17-8-10)18-9-14(5-6-14)11-3-1-2-4-12(11)18/h1-4,7-8H,5-6,9H2. The van der Waals surface area contributed by atoms with Crippen LogP contribution in [0.15, 0.2) is 41.1 Å². The van der Waals surface area contributed by atoms with E-state index in [0.717, 1.165) is 17.0 Å². The molecular weight excluding hydrogens is 290 g/mol. The van der Waals surface area contributed by atoms with E-state index in [0.29, 0.717) is 5.41 Å². The zero-order valence-corrected chi connectivity index (χ0v) is 11.4. The summed E-state index contributed by atoms with van der Waals surface area (Å²) in [5.41, 5.74) is 3.13. The Morgan fingerprint density at radius 3 is 2.56 bits per heavy atom. The predicted molar refractivity (Wildman–Crippen MR) is 74.1 cm³/mol. The van der Waals surface area contributed by atoms with Gasteiger partial charge in [-0.15, -0.1) is 0 Å².